The van der Waals surface area contributed by atoms with Gasteiger partial charge in [0.1, 0.15) is 11.6 Å². The van der Waals surface area contributed by atoms with Crippen LogP contribution in [0, 0.1) is 0 Å². The number of piperazine rings is 1. The fourth-order valence-electron chi connectivity index (χ4n) is 4.28. The van der Waals surface area contributed by atoms with E-state index in [1.807, 2.05) is 4.90 Å². The fraction of sp³-hybridized carbons (Fsp3) is 0.192. The second-order valence-electron chi connectivity index (χ2n) is 8.41. The van der Waals surface area contributed by atoms with Gasteiger partial charge in [0.25, 0.3) is 17.7 Å². The largest absolute Gasteiger partial charge is 0.496 e. The summed E-state index contributed by atoms with van der Waals surface area (Å²) in [6.07, 6.45) is 1.52. The lowest BCUT2D eigenvalue weighted by atomic mass is 10.1. The first-order valence-corrected chi connectivity index (χ1v) is 11.4. The molecule has 0 saturated carbocycles. The van der Waals surface area contributed by atoms with Crippen molar-refractivity contribution in [3.8, 4) is 5.75 Å². The van der Waals surface area contributed by atoms with Crippen molar-refractivity contribution in [2.45, 2.75) is 6.54 Å². The third kappa shape index (κ3) is 4.36. The van der Waals surface area contributed by atoms with E-state index in [2.05, 4.69) is 15.6 Å². The molecule has 5 rings (SSSR count). The van der Waals surface area contributed by atoms with Crippen LogP contribution >= 0.6 is 0 Å². The zero-order valence-electron chi connectivity index (χ0n) is 19.5. The number of benzene rings is 2. The molecule has 0 atom stereocenters. The summed E-state index contributed by atoms with van der Waals surface area (Å²) in [6, 6.07) is 15.1. The molecule has 0 unspecified atom stereocenters. The Labute approximate surface area is 206 Å². The molecule has 0 aliphatic carbocycles. The fourth-order valence-corrected chi connectivity index (χ4v) is 4.28. The van der Waals surface area contributed by atoms with Crippen LogP contribution in [0.2, 0.25) is 0 Å². The van der Waals surface area contributed by atoms with Crippen LogP contribution in [0.4, 0.5) is 11.5 Å². The van der Waals surface area contributed by atoms with E-state index >= 15 is 0 Å². The maximum absolute atomic E-state index is 13.1. The quantitative estimate of drug-likeness (QED) is 0.513. The summed E-state index contributed by atoms with van der Waals surface area (Å²) in [4.78, 5) is 57.5. The van der Waals surface area contributed by atoms with E-state index in [0.29, 0.717) is 47.0 Å². The molecule has 3 aromatic rings. The lowest BCUT2D eigenvalue weighted by Gasteiger charge is -2.27. The first-order valence-electron chi connectivity index (χ1n) is 11.4. The van der Waals surface area contributed by atoms with Gasteiger partial charge >= 0.3 is 0 Å². The zero-order valence-corrected chi connectivity index (χ0v) is 19.5. The van der Waals surface area contributed by atoms with Gasteiger partial charge in [-0.2, -0.15) is 0 Å². The highest BCUT2D eigenvalue weighted by atomic mass is 16.5. The normalized spacial score (nSPS) is 15.0. The minimum atomic E-state index is -0.428. The van der Waals surface area contributed by atoms with Crippen LogP contribution in [0.3, 0.4) is 0 Å². The number of hydrogen-bond acceptors (Lipinski definition) is 7. The van der Waals surface area contributed by atoms with Crippen molar-refractivity contribution in [3.63, 3.8) is 0 Å². The van der Waals surface area contributed by atoms with Gasteiger partial charge in [0.2, 0.25) is 5.91 Å². The number of rotatable bonds is 6. The number of nitrogens with one attached hydrogen (secondary N) is 2. The van der Waals surface area contributed by atoms with Gasteiger partial charge in [0.05, 0.1) is 48.8 Å². The zero-order chi connectivity index (χ0) is 25.2. The number of fused-ring (bicyclic) bond motifs is 1. The Morgan fingerprint density at radius 1 is 1.06 bits per heavy atom. The predicted molar refractivity (Wildman–Crippen MR) is 131 cm³/mol. The number of aromatic nitrogens is 1. The topological polar surface area (TPSA) is 121 Å². The Bertz CT molecular complexity index is 1340. The number of anilines is 2. The van der Waals surface area contributed by atoms with Crippen LogP contribution in [-0.2, 0) is 11.3 Å². The van der Waals surface area contributed by atoms with Gasteiger partial charge in [0, 0.05) is 13.1 Å². The molecule has 0 bridgehead atoms. The molecule has 2 aliphatic heterocycles. The predicted octanol–water partition coefficient (Wildman–Crippen LogP) is 2.07. The van der Waals surface area contributed by atoms with E-state index in [1.54, 1.807) is 54.6 Å². The molecule has 2 N–H and O–H groups in total. The SMILES string of the molecule is COc1ccc(CN2C(=O)c3ccccc3C2=O)cc1C(=O)Nc1ccc(N2CCNC(=O)C2)nc1. The van der Waals surface area contributed by atoms with Crippen LogP contribution < -0.4 is 20.3 Å². The van der Waals surface area contributed by atoms with E-state index in [1.165, 1.54) is 13.3 Å². The van der Waals surface area contributed by atoms with E-state index in [9.17, 15) is 19.2 Å². The lowest BCUT2D eigenvalue weighted by Crippen LogP contribution is -2.48. The first kappa shape index (κ1) is 23.0. The van der Waals surface area contributed by atoms with Gasteiger partial charge in [0.15, 0.2) is 0 Å². The van der Waals surface area contributed by atoms with Crippen molar-refractivity contribution < 1.29 is 23.9 Å². The number of imide groups is 1. The summed E-state index contributed by atoms with van der Waals surface area (Å²) in [5.41, 5.74) is 2.07. The Hall–Kier alpha value is -4.73. The van der Waals surface area contributed by atoms with Gasteiger partial charge in [-0.15, -0.1) is 0 Å². The van der Waals surface area contributed by atoms with Crippen molar-refractivity contribution in [2.24, 2.45) is 0 Å². The molecular weight excluding hydrogens is 462 g/mol. The van der Waals surface area contributed by atoms with E-state index in [4.69, 9.17) is 4.74 Å². The van der Waals surface area contributed by atoms with Crippen molar-refractivity contribution in [3.05, 3.63) is 83.0 Å². The average molecular weight is 486 g/mol. The van der Waals surface area contributed by atoms with Crippen molar-refractivity contribution in [2.75, 3.05) is 37.0 Å². The molecule has 0 radical (unpaired) electrons. The Balaban J connectivity index is 1.32. The van der Waals surface area contributed by atoms with Gasteiger partial charge in [-0.3, -0.25) is 24.1 Å². The van der Waals surface area contributed by atoms with Crippen LogP contribution in [0.1, 0.15) is 36.6 Å². The first-order chi connectivity index (χ1) is 17.4. The van der Waals surface area contributed by atoms with Crippen LogP contribution in [0.5, 0.6) is 5.75 Å². The third-order valence-corrected chi connectivity index (χ3v) is 6.10. The third-order valence-electron chi connectivity index (χ3n) is 6.10. The highest BCUT2D eigenvalue weighted by Crippen LogP contribution is 2.27. The average Bonchev–Trinajstić information content (AvgIpc) is 3.14. The number of carbonyl (C=O) groups is 4. The second-order valence-corrected chi connectivity index (χ2v) is 8.41. The summed E-state index contributed by atoms with van der Waals surface area (Å²) in [6.45, 7) is 1.46. The molecule has 10 nitrogen and oxygen atoms in total. The molecule has 3 heterocycles. The molecule has 0 spiro atoms. The van der Waals surface area contributed by atoms with Crippen molar-refractivity contribution >= 4 is 35.1 Å². The molecule has 1 saturated heterocycles. The van der Waals surface area contributed by atoms with Crippen LogP contribution in [0.25, 0.3) is 0 Å². The maximum atomic E-state index is 13.1. The molecule has 182 valence electrons. The Morgan fingerprint density at radius 3 is 2.44 bits per heavy atom. The van der Waals surface area contributed by atoms with Crippen molar-refractivity contribution in [1.29, 1.82) is 0 Å². The molecular formula is C26H23N5O5. The smallest absolute Gasteiger partial charge is 0.261 e. The van der Waals surface area contributed by atoms with Crippen LogP contribution in [0.15, 0.2) is 60.8 Å². The molecule has 2 aromatic carbocycles. The van der Waals surface area contributed by atoms with Gasteiger partial charge in [-0.25, -0.2) is 4.98 Å². The minimum absolute atomic E-state index is 0.0241. The summed E-state index contributed by atoms with van der Waals surface area (Å²) in [5.74, 6) is -0.230. The van der Waals surface area contributed by atoms with Gasteiger partial charge in [-0.1, -0.05) is 18.2 Å². The minimum Gasteiger partial charge on any atom is -0.496 e. The number of amides is 4. The number of methoxy groups -OCH3 is 1. The summed E-state index contributed by atoms with van der Waals surface area (Å²) in [7, 11) is 1.46. The standard InChI is InChI=1S/C26H23N5O5/c1-36-21-8-6-16(14-31-25(34)18-4-2-3-5-19(18)26(31)35)12-20(21)24(33)29-17-7-9-22(28-13-17)30-11-10-27-23(32)15-30/h2-9,12-13H,10-11,14-15H2,1H3,(H,27,32)(H,29,33). The molecule has 10 heteroatoms. The van der Waals surface area contributed by atoms with E-state index < -0.39 is 5.91 Å². The number of nitrogens with zero attached hydrogens (tertiary/aromatic N) is 3. The highest BCUT2D eigenvalue weighted by molar-refractivity contribution is 6.21. The van der Waals surface area contributed by atoms with Gasteiger partial charge < -0.3 is 20.3 Å². The lowest BCUT2D eigenvalue weighted by molar-refractivity contribution is -0.120. The van der Waals surface area contributed by atoms with Gasteiger partial charge in [-0.05, 0) is 42.0 Å². The number of ether oxygens (including phenoxy) is 1. The monoisotopic (exact) mass is 485 g/mol. The maximum Gasteiger partial charge on any atom is 0.261 e. The Kier molecular flexibility index (Phi) is 6.07. The number of hydrogen-bond donors (Lipinski definition) is 2. The molecule has 1 aromatic heterocycles. The molecule has 1 fully saturated rings. The number of pyridine rings is 1. The summed E-state index contributed by atoms with van der Waals surface area (Å²) >= 11 is 0. The van der Waals surface area contributed by atoms with E-state index in [-0.39, 0.29) is 36.4 Å². The molecule has 2 aliphatic rings. The van der Waals surface area contributed by atoms with Crippen molar-refractivity contribution in [1.82, 2.24) is 15.2 Å². The number of carbonyl (C=O) groups excluding carboxylic acids is 4. The summed E-state index contributed by atoms with van der Waals surface area (Å²) < 4.78 is 5.36. The molecule has 4 amide bonds. The summed E-state index contributed by atoms with van der Waals surface area (Å²) in [5, 5.41) is 5.56. The second kappa shape index (κ2) is 9.49. The molecule has 36 heavy (non-hydrogen) atoms. The van der Waals surface area contributed by atoms with Crippen LogP contribution in [-0.4, -0.2) is 60.3 Å². The Morgan fingerprint density at radius 2 is 1.81 bits per heavy atom. The van der Waals surface area contributed by atoms with E-state index in [0.717, 1.165) is 4.90 Å². The highest BCUT2D eigenvalue weighted by Gasteiger charge is 2.35.